The molecule has 1 aromatic rings. The van der Waals surface area contributed by atoms with Gasteiger partial charge in [0, 0.05) is 6.07 Å². The topological polar surface area (TPSA) is 107 Å². The number of hydrogen-bond acceptors (Lipinski definition) is 5. The number of nitrogens with zero attached hydrogens (tertiary/aromatic N) is 1. The van der Waals surface area contributed by atoms with E-state index in [1.165, 1.54) is 6.07 Å². The van der Waals surface area contributed by atoms with Crippen LogP contribution in [0.3, 0.4) is 0 Å². The minimum absolute atomic E-state index is 0.0590. The highest BCUT2D eigenvalue weighted by Gasteiger charge is 2.21. The van der Waals surface area contributed by atoms with E-state index in [1.807, 2.05) is 0 Å². The van der Waals surface area contributed by atoms with Crippen LogP contribution in [0.5, 0.6) is 5.75 Å². The number of benzene rings is 1. The molecule has 0 radical (unpaired) electrons. The smallest absolute Gasteiger partial charge is 0.311 e. The van der Waals surface area contributed by atoms with Crippen molar-refractivity contribution in [1.29, 1.82) is 0 Å². The summed E-state index contributed by atoms with van der Waals surface area (Å²) < 4.78 is 5.39. The predicted octanol–water partition coefficient (Wildman–Crippen LogP) is 0.664. The van der Waals surface area contributed by atoms with Crippen LogP contribution in [0.15, 0.2) is 12.1 Å². The second kappa shape index (κ2) is 6.14. The molecule has 1 unspecified atom stereocenters. The Morgan fingerprint density at radius 3 is 2.63 bits per heavy atom. The molecule has 0 saturated heterocycles. The van der Waals surface area contributed by atoms with E-state index in [-0.39, 0.29) is 18.0 Å². The molecule has 1 amide bonds. The van der Waals surface area contributed by atoms with E-state index in [4.69, 9.17) is 10.5 Å². The Morgan fingerprint density at radius 1 is 1.53 bits per heavy atom. The number of primary amides is 1. The average molecular weight is 267 g/mol. The molecule has 0 aromatic heterocycles. The van der Waals surface area contributed by atoms with Crippen LogP contribution in [0, 0.1) is 24.0 Å². The summed E-state index contributed by atoms with van der Waals surface area (Å²) in [6.45, 7) is 3.42. The van der Waals surface area contributed by atoms with E-state index >= 15 is 0 Å². The number of aryl methyl sites for hydroxylation is 2. The van der Waals surface area contributed by atoms with E-state index in [1.54, 1.807) is 27.0 Å². The highest BCUT2D eigenvalue weighted by Crippen LogP contribution is 2.32. The van der Waals surface area contributed by atoms with Crippen LogP contribution in [-0.4, -0.2) is 30.5 Å². The molecule has 0 saturated carbocycles. The minimum Gasteiger partial charge on any atom is -0.484 e. The lowest BCUT2D eigenvalue weighted by Gasteiger charge is -2.15. The average Bonchev–Trinajstić information content (AvgIpc) is 2.30. The van der Waals surface area contributed by atoms with Crippen LogP contribution >= 0.6 is 0 Å². The van der Waals surface area contributed by atoms with Gasteiger partial charge in [0.15, 0.2) is 5.75 Å². The molecular weight excluding hydrogens is 250 g/mol. The first-order chi connectivity index (χ1) is 8.86. The van der Waals surface area contributed by atoms with Crippen molar-refractivity contribution in [3.8, 4) is 5.75 Å². The van der Waals surface area contributed by atoms with Crippen LogP contribution in [0.25, 0.3) is 0 Å². The Balaban J connectivity index is 3.00. The van der Waals surface area contributed by atoms with E-state index in [2.05, 4.69) is 5.32 Å². The van der Waals surface area contributed by atoms with E-state index in [0.717, 1.165) is 5.56 Å². The van der Waals surface area contributed by atoms with E-state index < -0.39 is 16.9 Å². The summed E-state index contributed by atoms with van der Waals surface area (Å²) in [5.41, 5.74) is 6.46. The van der Waals surface area contributed by atoms with Crippen molar-refractivity contribution in [1.82, 2.24) is 5.32 Å². The van der Waals surface area contributed by atoms with Gasteiger partial charge in [0.1, 0.15) is 12.6 Å². The molecule has 3 N–H and O–H groups in total. The summed E-state index contributed by atoms with van der Waals surface area (Å²) in [5, 5.41) is 13.7. The number of ether oxygens (including phenoxy) is 1. The number of amides is 1. The van der Waals surface area contributed by atoms with Gasteiger partial charge in [-0.15, -0.1) is 0 Å². The number of nitro groups is 1. The van der Waals surface area contributed by atoms with Gasteiger partial charge in [0.25, 0.3) is 0 Å². The van der Waals surface area contributed by atoms with Crippen LogP contribution < -0.4 is 15.8 Å². The largest absolute Gasteiger partial charge is 0.484 e. The molecule has 0 heterocycles. The number of nitrogens with one attached hydrogen (secondary N) is 1. The number of hydrogen-bond donors (Lipinski definition) is 2. The van der Waals surface area contributed by atoms with Crippen LogP contribution in [0.1, 0.15) is 11.1 Å². The van der Waals surface area contributed by atoms with Gasteiger partial charge in [-0.25, -0.2) is 0 Å². The third kappa shape index (κ3) is 3.65. The molecule has 7 nitrogen and oxygen atoms in total. The molecule has 7 heteroatoms. The third-order valence-electron chi connectivity index (χ3n) is 2.68. The van der Waals surface area contributed by atoms with Gasteiger partial charge in [-0.05, 0) is 32.0 Å². The third-order valence-corrected chi connectivity index (χ3v) is 2.68. The van der Waals surface area contributed by atoms with Crippen molar-refractivity contribution < 1.29 is 14.5 Å². The standard InChI is InChI=1S/C12H17N3O4/c1-7-4-8(2)11(10(5-7)15(17)18)19-6-9(14-3)12(13)16/h4-5,9,14H,6H2,1-3H3,(H2,13,16). The second-order valence-electron chi connectivity index (χ2n) is 4.24. The lowest BCUT2D eigenvalue weighted by atomic mass is 10.1. The highest BCUT2D eigenvalue weighted by molar-refractivity contribution is 5.80. The Morgan fingerprint density at radius 2 is 2.16 bits per heavy atom. The van der Waals surface area contributed by atoms with Crippen LogP contribution in [-0.2, 0) is 4.79 Å². The molecule has 0 spiro atoms. The monoisotopic (exact) mass is 267 g/mol. The highest BCUT2D eigenvalue weighted by atomic mass is 16.6. The summed E-state index contributed by atoms with van der Waals surface area (Å²) in [6, 6.07) is 2.52. The first-order valence-electron chi connectivity index (χ1n) is 5.71. The second-order valence-corrected chi connectivity index (χ2v) is 4.24. The summed E-state index contributed by atoms with van der Waals surface area (Å²) in [4.78, 5) is 21.5. The lowest BCUT2D eigenvalue weighted by molar-refractivity contribution is -0.386. The molecule has 19 heavy (non-hydrogen) atoms. The number of nitro benzene ring substituents is 1. The van der Waals surface area contributed by atoms with Crippen molar-refractivity contribution in [3.05, 3.63) is 33.4 Å². The van der Waals surface area contributed by atoms with Gasteiger partial charge in [0.2, 0.25) is 5.91 Å². The maximum absolute atomic E-state index is 11.1. The van der Waals surface area contributed by atoms with Crippen molar-refractivity contribution in [3.63, 3.8) is 0 Å². The van der Waals surface area contributed by atoms with E-state index in [9.17, 15) is 14.9 Å². The first kappa shape index (κ1) is 14.9. The quantitative estimate of drug-likeness (QED) is 0.581. The molecule has 0 bridgehead atoms. The number of carbonyl (C=O) groups is 1. The fraction of sp³-hybridized carbons (Fsp3) is 0.417. The zero-order valence-electron chi connectivity index (χ0n) is 11.1. The molecule has 0 aliphatic rings. The number of likely N-dealkylation sites (N-methyl/N-ethyl adjacent to an activating group) is 1. The summed E-state index contributed by atoms with van der Waals surface area (Å²) >= 11 is 0. The van der Waals surface area contributed by atoms with Gasteiger partial charge in [-0.2, -0.15) is 0 Å². The van der Waals surface area contributed by atoms with Gasteiger partial charge in [0.05, 0.1) is 4.92 Å². The van der Waals surface area contributed by atoms with Gasteiger partial charge >= 0.3 is 5.69 Å². The lowest BCUT2D eigenvalue weighted by Crippen LogP contribution is -2.43. The minimum atomic E-state index is -0.694. The first-order valence-corrected chi connectivity index (χ1v) is 5.71. The normalized spacial score (nSPS) is 11.9. The van der Waals surface area contributed by atoms with Crippen molar-refractivity contribution in [2.24, 2.45) is 5.73 Å². The Labute approximate surface area is 110 Å². The Kier molecular flexibility index (Phi) is 4.82. The van der Waals surface area contributed by atoms with Crippen molar-refractivity contribution in [2.45, 2.75) is 19.9 Å². The molecule has 0 aliphatic heterocycles. The number of rotatable bonds is 6. The van der Waals surface area contributed by atoms with Crippen molar-refractivity contribution in [2.75, 3.05) is 13.7 Å². The number of nitrogens with two attached hydrogens (primary N) is 1. The molecule has 0 aliphatic carbocycles. The predicted molar refractivity (Wildman–Crippen MR) is 70.1 cm³/mol. The SMILES string of the molecule is CNC(COc1c(C)cc(C)cc1[N+](=O)[O-])C(N)=O. The molecule has 1 atom stereocenters. The van der Waals surface area contributed by atoms with Crippen LogP contribution in [0.2, 0.25) is 0 Å². The van der Waals surface area contributed by atoms with Crippen molar-refractivity contribution >= 4 is 11.6 Å². The van der Waals surface area contributed by atoms with Gasteiger partial charge < -0.3 is 15.8 Å². The van der Waals surface area contributed by atoms with E-state index in [0.29, 0.717) is 5.56 Å². The Hall–Kier alpha value is -2.15. The summed E-state index contributed by atoms with van der Waals surface area (Å²) in [6.07, 6.45) is 0. The van der Waals surface area contributed by atoms with Crippen LogP contribution in [0.4, 0.5) is 5.69 Å². The zero-order valence-corrected chi connectivity index (χ0v) is 11.1. The summed E-state index contributed by atoms with van der Waals surface area (Å²) in [5.74, 6) is -0.410. The molecule has 0 fully saturated rings. The fourth-order valence-corrected chi connectivity index (χ4v) is 1.73. The maximum Gasteiger partial charge on any atom is 0.311 e. The van der Waals surface area contributed by atoms with Gasteiger partial charge in [-0.3, -0.25) is 14.9 Å². The zero-order chi connectivity index (χ0) is 14.6. The molecule has 104 valence electrons. The summed E-state index contributed by atoms with van der Waals surface area (Å²) in [7, 11) is 1.56. The Bertz CT molecular complexity index is 502. The molecular formula is C12H17N3O4. The van der Waals surface area contributed by atoms with Gasteiger partial charge in [-0.1, -0.05) is 6.07 Å². The molecule has 1 rings (SSSR count). The number of carbonyl (C=O) groups excluding carboxylic acids is 1. The fourth-order valence-electron chi connectivity index (χ4n) is 1.73. The maximum atomic E-state index is 11.1. The molecule has 1 aromatic carbocycles.